The molecular weight excluding hydrogens is 308 g/mol. The van der Waals surface area contributed by atoms with E-state index in [1.807, 2.05) is 0 Å². The number of nitrogens with one attached hydrogen (secondary N) is 1. The monoisotopic (exact) mass is 324 g/mol. The third-order valence-electron chi connectivity index (χ3n) is 3.11. The molecule has 0 atom stereocenters. The van der Waals surface area contributed by atoms with Gasteiger partial charge in [0.05, 0.1) is 25.5 Å². The number of carbonyl (C=O) groups is 3. The number of imide groups is 1. The molecule has 1 saturated heterocycles. The van der Waals surface area contributed by atoms with Gasteiger partial charge in [-0.05, 0) is 12.1 Å². The summed E-state index contributed by atoms with van der Waals surface area (Å²) < 4.78 is 10.2. The Bertz CT molecular complexity index is 589. The molecular formula is C14H16N2O5S. The van der Waals surface area contributed by atoms with E-state index in [9.17, 15) is 14.4 Å². The molecule has 3 amide bonds. The van der Waals surface area contributed by atoms with Gasteiger partial charge in [0.2, 0.25) is 5.91 Å². The molecule has 0 saturated carbocycles. The zero-order valence-corrected chi connectivity index (χ0v) is 13.1. The standard InChI is InChI=1S/C14H16N2O5S/c1-20-9-3-4-10(11(7-9)21-2)13(18)15-5-6-16-12(17)8-22-14(16)19/h3-4,7H,5-6,8H2,1-2H3,(H,15,18). The van der Waals surface area contributed by atoms with Crippen molar-refractivity contribution in [2.45, 2.75) is 0 Å². The number of carbonyl (C=O) groups excluding carboxylic acids is 3. The van der Waals surface area contributed by atoms with Crippen LogP contribution in [0.4, 0.5) is 4.79 Å². The maximum atomic E-state index is 12.1. The smallest absolute Gasteiger partial charge is 0.288 e. The van der Waals surface area contributed by atoms with Gasteiger partial charge in [-0.3, -0.25) is 19.3 Å². The van der Waals surface area contributed by atoms with E-state index < -0.39 is 0 Å². The summed E-state index contributed by atoms with van der Waals surface area (Å²) in [6.45, 7) is 0.348. The molecule has 0 radical (unpaired) electrons. The maximum absolute atomic E-state index is 12.1. The van der Waals surface area contributed by atoms with Crippen LogP contribution in [0.3, 0.4) is 0 Å². The lowest BCUT2D eigenvalue weighted by molar-refractivity contribution is -0.124. The van der Waals surface area contributed by atoms with Crippen molar-refractivity contribution in [2.24, 2.45) is 0 Å². The van der Waals surface area contributed by atoms with Crippen LogP contribution >= 0.6 is 11.8 Å². The second kappa shape index (κ2) is 7.17. The minimum Gasteiger partial charge on any atom is -0.497 e. The minimum atomic E-state index is -0.341. The summed E-state index contributed by atoms with van der Waals surface area (Å²) in [5.41, 5.74) is 0.358. The van der Waals surface area contributed by atoms with E-state index in [2.05, 4.69) is 5.32 Å². The topological polar surface area (TPSA) is 84.9 Å². The number of hydrogen-bond acceptors (Lipinski definition) is 6. The summed E-state index contributed by atoms with van der Waals surface area (Å²) in [6.07, 6.45) is 0. The predicted molar refractivity (Wildman–Crippen MR) is 81.4 cm³/mol. The van der Waals surface area contributed by atoms with E-state index >= 15 is 0 Å². The van der Waals surface area contributed by atoms with E-state index in [4.69, 9.17) is 9.47 Å². The predicted octanol–water partition coefficient (Wildman–Crippen LogP) is 1.13. The quantitative estimate of drug-likeness (QED) is 0.844. The van der Waals surface area contributed by atoms with Gasteiger partial charge in [0.25, 0.3) is 11.1 Å². The number of methoxy groups -OCH3 is 2. The fraction of sp³-hybridized carbons (Fsp3) is 0.357. The summed E-state index contributed by atoms with van der Waals surface area (Å²) in [7, 11) is 2.99. The Morgan fingerprint density at radius 3 is 2.68 bits per heavy atom. The number of rotatable bonds is 6. The van der Waals surface area contributed by atoms with Crippen molar-refractivity contribution < 1.29 is 23.9 Å². The van der Waals surface area contributed by atoms with E-state index in [1.54, 1.807) is 18.2 Å². The molecule has 1 aliphatic heterocycles. The highest BCUT2D eigenvalue weighted by molar-refractivity contribution is 8.14. The fourth-order valence-corrected chi connectivity index (χ4v) is 2.71. The summed E-state index contributed by atoms with van der Waals surface area (Å²) in [6, 6.07) is 4.86. The van der Waals surface area contributed by atoms with Crippen LogP contribution in [0.5, 0.6) is 11.5 Å². The molecule has 1 aromatic rings. The minimum absolute atomic E-state index is 0.162. The van der Waals surface area contributed by atoms with Crippen molar-refractivity contribution in [3.63, 3.8) is 0 Å². The highest BCUT2D eigenvalue weighted by Gasteiger charge is 2.29. The van der Waals surface area contributed by atoms with Crippen LogP contribution in [0.1, 0.15) is 10.4 Å². The van der Waals surface area contributed by atoms with Crippen molar-refractivity contribution in [1.29, 1.82) is 0 Å². The van der Waals surface area contributed by atoms with Crippen LogP contribution in [-0.2, 0) is 4.79 Å². The first-order valence-corrected chi connectivity index (χ1v) is 7.52. The Balaban J connectivity index is 1.95. The van der Waals surface area contributed by atoms with Crippen LogP contribution in [0.15, 0.2) is 18.2 Å². The number of amides is 3. The van der Waals surface area contributed by atoms with E-state index in [1.165, 1.54) is 14.2 Å². The molecule has 0 aliphatic carbocycles. The number of thioether (sulfide) groups is 1. The average Bonchev–Trinajstić information content (AvgIpc) is 2.85. The Morgan fingerprint density at radius 2 is 2.09 bits per heavy atom. The van der Waals surface area contributed by atoms with Gasteiger partial charge < -0.3 is 14.8 Å². The third-order valence-corrected chi connectivity index (χ3v) is 3.97. The summed E-state index contributed by atoms with van der Waals surface area (Å²) >= 11 is 0.970. The largest absolute Gasteiger partial charge is 0.497 e. The zero-order valence-electron chi connectivity index (χ0n) is 12.3. The van der Waals surface area contributed by atoms with E-state index in [0.29, 0.717) is 17.1 Å². The first-order valence-electron chi connectivity index (χ1n) is 6.54. The first-order chi connectivity index (χ1) is 10.6. The summed E-state index contributed by atoms with van der Waals surface area (Å²) in [5.74, 6) is 0.566. The molecule has 0 aromatic heterocycles. The molecule has 0 unspecified atom stereocenters. The molecule has 22 heavy (non-hydrogen) atoms. The van der Waals surface area contributed by atoms with Gasteiger partial charge in [-0.25, -0.2) is 0 Å². The van der Waals surface area contributed by atoms with Crippen LogP contribution < -0.4 is 14.8 Å². The average molecular weight is 324 g/mol. The normalized spacial score (nSPS) is 14.2. The number of hydrogen-bond donors (Lipinski definition) is 1. The van der Waals surface area contributed by atoms with E-state index in [-0.39, 0.29) is 35.9 Å². The van der Waals surface area contributed by atoms with Crippen molar-refractivity contribution in [1.82, 2.24) is 10.2 Å². The Labute approximate surface area is 131 Å². The van der Waals surface area contributed by atoms with Crippen molar-refractivity contribution in [3.8, 4) is 11.5 Å². The molecule has 8 heteroatoms. The number of nitrogens with zero attached hydrogens (tertiary/aromatic N) is 1. The molecule has 0 bridgehead atoms. The maximum Gasteiger partial charge on any atom is 0.288 e. The Morgan fingerprint density at radius 1 is 1.32 bits per heavy atom. The van der Waals surface area contributed by atoms with Crippen molar-refractivity contribution in [3.05, 3.63) is 23.8 Å². The van der Waals surface area contributed by atoms with Gasteiger partial charge in [-0.15, -0.1) is 0 Å². The zero-order chi connectivity index (χ0) is 16.1. The Hall–Kier alpha value is -2.22. The highest BCUT2D eigenvalue weighted by Crippen LogP contribution is 2.24. The number of benzene rings is 1. The second-order valence-corrected chi connectivity index (χ2v) is 5.35. The lowest BCUT2D eigenvalue weighted by Crippen LogP contribution is -2.37. The molecule has 1 aromatic carbocycles. The lowest BCUT2D eigenvalue weighted by atomic mass is 10.1. The highest BCUT2D eigenvalue weighted by atomic mass is 32.2. The van der Waals surface area contributed by atoms with Crippen LogP contribution in [-0.4, -0.2) is 55.0 Å². The third kappa shape index (κ3) is 3.51. The molecule has 1 N–H and O–H groups in total. The van der Waals surface area contributed by atoms with Gasteiger partial charge in [0.15, 0.2) is 0 Å². The molecule has 118 valence electrons. The van der Waals surface area contributed by atoms with Crippen molar-refractivity contribution >= 4 is 28.8 Å². The van der Waals surface area contributed by atoms with Crippen LogP contribution in [0, 0.1) is 0 Å². The SMILES string of the molecule is COc1ccc(C(=O)NCCN2C(=O)CSC2=O)c(OC)c1. The van der Waals surface area contributed by atoms with Gasteiger partial charge in [0.1, 0.15) is 11.5 Å². The van der Waals surface area contributed by atoms with Crippen LogP contribution in [0.25, 0.3) is 0 Å². The van der Waals surface area contributed by atoms with Gasteiger partial charge in [-0.2, -0.15) is 0 Å². The first kappa shape index (κ1) is 16.2. The summed E-state index contributed by atoms with van der Waals surface area (Å²) in [4.78, 5) is 36.1. The van der Waals surface area contributed by atoms with Crippen molar-refractivity contribution in [2.75, 3.05) is 33.1 Å². The molecule has 0 spiro atoms. The molecule has 1 aliphatic rings. The number of ether oxygens (including phenoxy) is 2. The van der Waals surface area contributed by atoms with Crippen LogP contribution in [0.2, 0.25) is 0 Å². The molecule has 7 nitrogen and oxygen atoms in total. The summed E-state index contributed by atoms with van der Waals surface area (Å²) in [5, 5.41) is 2.39. The van der Waals surface area contributed by atoms with Gasteiger partial charge in [-0.1, -0.05) is 11.8 Å². The fourth-order valence-electron chi connectivity index (χ4n) is 1.96. The van der Waals surface area contributed by atoms with Gasteiger partial charge in [0, 0.05) is 19.2 Å². The van der Waals surface area contributed by atoms with E-state index in [0.717, 1.165) is 16.7 Å². The molecule has 1 heterocycles. The Kier molecular flexibility index (Phi) is 5.26. The molecule has 1 fully saturated rings. The van der Waals surface area contributed by atoms with Gasteiger partial charge >= 0.3 is 0 Å². The lowest BCUT2D eigenvalue weighted by Gasteiger charge is -2.14. The second-order valence-electron chi connectivity index (χ2n) is 4.42. The molecule has 2 rings (SSSR count).